The summed E-state index contributed by atoms with van der Waals surface area (Å²) >= 11 is 2.29. The summed E-state index contributed by atoms with van der Waals surface area (Å²) in [5.41, 5.74) is 1.50. The van der Waals surface area contributed by atoms with Gasteiger partial charge in [0.1, 0.15) is 0 Å². The molecule has 1 N–H and O–H groups in total. The van der Waals surface area contributed by atoms with Crippen molar-refractivity contribution in [2.24, 2.45) is 0 Å². The lowest BCUT2D eigenvalue weighted by Gasteiger charge is -2.02. The summed E-state index contributed by atoms with van der Waals surface area (Å²) in [7, 11) is 0. The summed E-state index contributed by atoms with van der Waals surface area (Å²) in [6.45, 7) is 2.07. The smallest absolute Gasteiger partial charge is 0.335 e. The van der Waals surface area contributed by atoms with Crippen molar-refractivity contribution in [2.45, 2.75) is 10.8 Å². The molecule has 12 heavy (non-hydrogen) atoms. The topological polar surface area (TPSA) is 37.3 Å². The van der Waals surface area contributed by atoms with Gasteiger partial charge < -0.3 is 5.11 Å². The largest absolute Gasteiger partial charge is 0.478 e. The summed E-state index contributed by atoms with van der Waals surface area (Å²) in [5.74, 6) is -0.873. The summed E-state index contributed by atoms with van der Waals surface area (Å²) in [4.78, 5) is 10.5. The zero-order chi connectivity index (χ0) is 9.14. The fraction of sp³-hybridized carbons (Fsp3) is 0.222. The van der Waals surface area contributed by atoms with Crippen LogP contribution in [-0.4, -0.2) is 11.1 Å². The van der Waals surface area contributed by atoms with E-state index in [1.54, 1.807) is 12.1 Å². The Hall–Kier alpha value is -0.580. The second-order valence-electron chi connectivity index (χ2n) is 2.54. The third-order valence-electron chi connectivity index (χ3n) is 1.62. The van der Waals surface area contributed by atoms with E-state index < -0.39 is 5.97 Å². The van der Waals surface area contributed by atoms with Crippen LogP contribution in [0.1, 0.15) is 26.8 Å². The molecular weight excluding hydrogens is 267 g/mol. The second kappa shape index (κ2) is 3.89. The second-order valence-corrected chi connectivity index (χ2v) is 4.41. The fourth-order valence-corrected chi connectivity index (χ4v) is 1.31. The van der Waals surface area contributed by atoms with E-state index in [4.69, 9.17) is 5.11 Å². The van der Waals surface area contributed by atoms with Gasteiger partial charge in [0.15, 0.2) is 0 Å². The third-order valence-corrected chi connectivity index (χ3v) is 2.34. The number of benzene rings is 1. The van der Waals surface area contributed by atoms with Crippen LogP contribution in [0.4, 0.5) is 0 Å². The monoisotopic (exact) mass is 276 g/mol. The molecule has 1 aromatic rings. The maximum Gasteiger partial charge on any atom is 0.335 e. The zero-order valence-electron chi connectivity index (χ0n) is 6.62. The van der Waals surface area contributed by atoms with E-state index in [0.29, 0.717) is 9.49 Å². The van der Waals surface area contributed by atoms with Gasteiger partial charge in [-0.15, -0.1) is 0 Å². The number of hydrogen-bond acceptors (Lipinski definition) is 1. The molecule has 2 nitrogen and oxygen atoms in total. The van der Waals surface area contributed by atoms with Gasteiger partial charge in [0.2, 0.25) is 0 Å². The molecule has 1 atom stereocenters. The fourth-order valence-electron chi connectivity index (χ4n) is 0.891. The molecule has 0 aromatic heterocycles. The number of carboxylic acid groups (broad SMARTS) is 1. The van der Waals surface area contributed by atoms with Crippen molar-refractivity contribution in [2.75, 3.05) is 0 Å². The highest BCUT2D eigenvalue weighted by atomic mass is 127. The molecule has 0 fully saturated rings. The Morgan fingerprint density at radius 1 is 1.42 bits per heavy atom. The molecule has 0 saturated heterocycles. The highest BCUT2D eigenvalue weighted by Crippen LogP contribution is 2.21. The molecule has 0 bridgehead atoms. The Balaban J connectivity index is 2.93. The average Bonchev–Trinajstić information content (AvgIpc) is 2.04. The maximum absolute atomic E-state index is 10.5. The van der Waals surface area contributed by atoms with E-state index in [2.05, 4.69) is 29.5 Å². The summed E-state index contributed by atoms with van der Waals surface area (Å²) in [6.07, 6.45) is 0. The van der Waals surface area contributed by atoms with Crippen molar-refractivity contribution in [3.05, 3.63) is 35.4 Å². The van der Waals surface area contributed by atoms with Gasteiger partial charge >= 0.3 is 5.97 Å². The van der Waals surface area contributed by atoms with E-state index in [9.17, 15) is 4.79 Å². The van der Waals surface area contributed by atoms with E-state index in [1.807, 2.05) is 12.1 Å². The van der Waals surface area contributed by atoms with E-state index in [-0.39, 0.29) is 0 Å². The van der Waals surface area contributed by atoms with E-state index in [1.165, 1.54) is 0 Å². The number of hydrogen-bond donors (Lipinski definition) is 1. The molecule has 0 saturated carbocycles. The molecule has 0 spiro atoms. The molecular formula is C9H9IO2. The molecule has 64 valence electrons. The predicted molar refractivity (Wildman–Crippen MR) is 55.8 cm³/mol. The Bertz CT molecular complexity index is 277. The van der Waals surface area contributed by atoms with Gasteiger partial charge in [0, 0.05) is 3.92 Å². The van der Waals surface area contributed by atoms with E-state index >= 15 is 0 Å². The van der Waals surface area contributed by atoms with Gasteiger partial charge in [-0.2, -0.15) is 0 Å². The molecule has 0 aliphatic rings. The van der Waals surface area contributed by atoms with Gasteiger partial charge in [0.25, 0.3) is 0 Å². The van der Waals surface area contributed by atoms with Crippen LogP contribution in [0.5, 0.6) is 0 Å². The van der Waals surface area contributed by atoms with Crippen LogP contribution in [0.2, 0.25) is 0 Å². The standard InChI is InChI=1S/C9H9IO2/c1-6(10)7-2-4-8(5-3-7)9(11)12/h2-6H,1H3,(H,11,12). The molecule has 1 rings (SSSR count). The van der Waals surface area contributed by atoms with Crippen molar-refractivity contribution in [1.82, 2.24) is 0 Å². The number of alkyl halides is 1. The van der Waals surface area contributed by atoms with Crippen LogP contribution in [-0.2, 0) is 0 Å². The summed E-state index contributed by atoms with van der Waals surface area (Å²) in [6, 6.07) is 6.96. The quantitative estimate of drug-likeness (QED) is 0.666. The van der Waals surface area contributed by atoms with Crippen LogP contribution in [0.3, 0.4) is 0 Å². The van der Waals surface area contributed by atoms with Crippen molar-refractivity contribution in [3.8, 4) is 0 Å². The lowest BCUT2D eigenvalue weighted by Crippen LogP contribution is -1.95. The predicted octanol–water partition coefficient (Wildman–Crippen LogP) is 2.88. The molecule has 0 aliphatic heterocycles. The number of carbonyl (C=O) groups is 1. The van der Waals surface area contributed by atoms with Gasteiger partial charge in [-0.05, 0) is 24.6 Å². The maximum atomic E-state index is 10.5. The molecule has 0 amide bonds. The van der Waals surface area contributed by atoms with Gasteiger partial charge in [-0.3, -0.25) is 0 Å². The number of halogens is 1. The minimum atomic E-state index is -0.873. The minimum absolute atomic E-state index is 0.343. The lowest BCUT2D eigenvalue weighted by atomic mass is 10.1. The minimum Gasteiger partial charge on any atom is -0.478 e. The van der Waals surface area contributed by atoms with Gasteiger partial charge in [0.05, 0.1) is 5.56 Å². The Labute approximate surface area is 84.7 Å². The van der Waals surface area contributed by atoms with Crippen LogP contribution < -0.4 is 0 Å². The molecule has 1 unspecified atom stereocenters. The van der Waals surface area contributed by atoms with Crippen LogP contribution >= 0.6 is 22.6 Å². The number of aromatic carboxylic acids is 1. The first-order valence-corrected chi connectivity index (χ1v) is 4.83. The molecule has 1 aromatic carbocycles. The highest BCUT2D eigenvalue weighted by molar-refractivity contribution is 14.1. The van der Waals surface area contributed by atoms with Gasteiger partial charge in [-0.25, -0.2) is 4.79 Å². The average molecular weight is 276 g/mol. The number of carboxylic acids is 1. The Morgan fingerprint density at radius 2 is 1.92 bits per heavy atom. The number of rotatable bonds is 2. The normalized spacial score (nSPS) is 12.5. The first-order valence-electron chi connectivity index (χ1n) is 3.58. The van der Waals surface area contributed by atoms with Crippen LogP contribution in [0, 0.1) is 0 Å². The Kier molecular flexibility index (Phi) is 3.08. The van der Waals surface area contributed by atoms with Crippen molar-refractivity contribution >= 4 is 28.6 Å². The van der Waals surface area contributed by atoms with E-state index in [0.717, 1.165) is 5.56 Å². The van der Waals surface area contributed by atoms with Crippen LogP contribution in [0.25, 0.3) is 0 Å². The first-order chi connectivity index (χ1) is 5.61. The van der Waals surface area contributed by atoms with Crippen LogP contribution in [0.15, 0.2) is 24.3 Å². The Morgan fingerprint density at radius 3 is 2.25 bits per heavy atom. The van der Waals surface area contributed by atoms with Crippen molar-refractivity contribution in [3.63, 3.8) is 0 Å². The summed E-state index contributed by atoms with van der Waals surface area (Å²) < 4.78 is 0.422. The summed E-state index contributed by atoms with van der Waals surface area (Å²) in [5, 5.41) is 8.61. The van der Waals surface area contributed by atoms with Crippen molar-refractivity contribution in [1.29, 1.82) is 0 Å². The molecule has 0 radical (unpaired) electrons. The SMILES string of the molecule is CC(I)c1ccc(C(=O)O)cc1. The first kappa shape index (κ1) is 9.51. The molecule has 0 aliphatic carbocycles. The molecule has 3 heteroatoms. The lowest BCUT2D eigenvalue weighted by molar-refractivity contribution is 0.0697. The third kappa shape index (κ3) is 2.20. The van der Waals surface area contributed by atoms with Gasteiger partial charge in [-0.1, -0.05) is 34.7 Å². The van der Waals surface area contributed by atoms with Crippen molar-refractivity contribution < 1.29 is 9.90 Å². The molecule has 0 heterocycles. The zero-order valence-corrected chi connectivity index (χ0v) is 8.78. The highest BCUT2D eigenvalue weighted by Gasteiger charge is 2.03.